The van der Waals surface area contributed by atoms with E-state index in [2.05, 4.69) is 6.92 Å². The third-order valence-electron chi connectivity index (χ3n) is 2.70. The predicted molar refractivity (Wildman–Crippen MR) is 48.1 cm³/mol. The number of ether oxygens (including phenoxy) is 1. The molecular formula is C9H17ClO. The normalized spacial score (nSPS) is 35.2. The Morgan fingerprint density at radius 3 is 2.18 bits per heavy atom. The van der Waals surface area contributed by atoms with E-state index in [-0.39, 0.29) is 0 Å². The van der Waals surface area contributed by atoms with Crippen molar-refractivity contribution >= 4 is 11.6 Å². The van der Waals surface area contributed by atoms with E-state index in [0.29, 0.717) is 11.5 Å². The average molecular weight is 177 g/mol. The number of rotatable bonds is 2. The largest absolute Gasteiger partial charge is 0.381 e. The van der Waals surface area contributed by atoms with Crippen LogP contribution in [0.25, 0.3) is 0 Å². The lowest BCUT2D eigenvalue weighted by Gasteiger charge is -2.28. The van der Waals surface area contributed by atoms with Gasteiger partial charge in [-0.25, -0.2) is 0 Å². The Kier molecular flexibility index (Phi) is 3.67. The van der Waals surface area contributed by atoms with Gasteiger partial charge in [0.15, 0.2) is 0 Å². The summed E-state index contributed by atoms with van der Waals surface area (Å²) in [5.41, 5.74) is 0. The van der Waals surface area contributed by atoms with Crippen molar-refractivity contribution in [1.82, 2.24) is 0 Å². The fourth-order valence-corrected chi connectivity index (χ4v) is 2.04. The van der Waals surface area contributed by atoms with Crippen LogP contribution in [0.3, 0.4) is 0 Å². The molecule has 1 atom stereocenters. The number of hydrogen-bond donors (Lipinski definition) is 0. The van der Waals surface area contributed by atoms with Crippen LogP contribution in [0.5, 0.6) is 0 Å². The first-order valence-corrected chi connectivity index (χ1v) is 4.84. The van der Waals surface area contributed by atoms with E-state index in [4.69, 9.17) is 16.3 Å². The maximum Gasteiger partial charge on any atom is 0.0571 e. The Balaban J connectivity index is 2.24. The predicted octanol–water partition coefficient (Wildman–Crippen LogP) is 2.82. The van der Waals surface area contributed by atoms with Crippen molar-refractivity contribution in [3.05, 3.63) is 0 Å². The minimum Gasteiger partial charge on any atom is -0.381 e. The van der Waals surface area contributed by atoms with Crippen molar-refractivity contribution < 1.29 is 4.74 Å². The monoisotopic (exact) mass is 176 g/mol. The Bertz CT molecular complexity index is 106. The molecule has 1 nitrogen and oxygen atoms in total. The summed E-state index contributed by atoms with van der Waals surface area (Å²) < 4.78 is 5.28. The van der Waals surface area contributed by atoms with E-state index in [0.717, 1.165) is 5.92 Å². The minimum atomic E-state index is 0.341. The lowest BCUT2D eigenvalue weighted by atomic mass is 9.85. The molecule has 0 saturated heterocycles. The van der Waals surface area contributed by atoms with Gasteiger partial charge >= 0.3 is 0 Å². The average Bonchev–Trinajstić information content (AvgIpc) is 2.05. The Morgan fingerprint density at radius 2 is 1.82 bits per heavy atom. The highest BCUT2D eigenvalue weighted by Gasteiger charge is 2.23. The van der Waals surface area contributed by atoms with Gasteiger partial charge in [0.2, 0.25) is 0 Å². The van der Waals surface area contributed by atoms with E-state index in [1.807, 2.05) is 0 Å². The molecule has 0 bridgehead atoms. The molecule has 1 aliphatic rings. The molecule has 1 aliphatic carbocycles. The van der Waals surface area contributed by atoms with Gasteiger partial charge in [-0.15, -0.1) is 11.6 Å². The zero-order valence-electron chi connectivity index (χ0n) is 7.35. The van der Waals surface area contributed by atoms with E-state index < -0.39 is 0 Å². The molecule has 1 unspecified atom stereocenters. The van der Waals surface area contributed by atoms with Crippen molar-refractivity contribution in [2.75, 3.05) is 7.11 Å². The first-order valence-electron chi connectivity index (χ1n) is 4.41. The molecule has 2 heteroatoms. The highest BCUT2D eigenvalue weighted by molar-refractivity contribution is 6.20. The summed E-state index contributed by atoms with van der Waals surface area (Å²) in [5.74, 6) is 0.725. The van der Waals surface area contributed by atoms with Crippen LogP contribution in [0, 0.1) is 5.92 Å². The molecule has 0 N–H and O–H groups in total. The number of hydrogen-bond acceptors (Lipinski definition) is 1. The van der Waals surface area contributed by atoms with Gasteiger partial charge in [0, 0.05) is 12.5 Å². The molecule has 11 heavy (non-hydrogen) atoms. The summed E-state index contributed by atoms with van der Waals surface area (Å²) in [6.07, 6.45) is 5.37. The molecule has 66 valence electrons. The van der Waals surface area contributed by atoms with Gasteiger partial charge in [0.1, 0.15) is 0 Å². The van der Waals surface area contributed by atoms with Crippen molar-refractivity contribution in [3.63, 3.8) is 0 Å². The molecule has 0 heterocycles. The molecule has 0 aromatic heterocycles. The lowest BCUT2D eigenvalue weighted by Crippen LogP contribution is -2.24. The summed E-state index contributed by atoms with van der Waals surface area (Å²) in [6.45, 7) is 2.10. The van der Waals surface area contributed by atoms with Crippen LogP contribution < -0.4 is 0 Å². The fourth-order valence-electron chi connectivity index (χ4n) is 1.78. The second-order valence-electron chi connectivity index (χ2n) is 3.45. The van der Waals surface area contributed by atoms with Crippen LogP contribution in [0.15, 0.2) is 0 Å². The summed E-state index contributed by atoms with van der Waals surface area (Å²) in [6, 6.07) is 0. The topological polar surface area (TPSA) is 9.23 Å². The molecule has 0 radical (unpaired) electrons. The summed E-state index contributed by atoms with van der Waals surface area (Å²) in [4.78, 5) is 0. The molecule has 1 fully saturated rings. The summed E-state index contributed by atoms with van der Waals surface area (Å²) in [5, 5.41) is 0.341. The van der Waals surface area contributed by atoms with Crippen LogP contribution in [0.1, 0.15) is 32.6 Å². The quantitative estimate of drug-likeness (QED) is 0.588. The van der Waals surface area contributed by atoms with Crippen LogP contribution >= 0.6 is 11.6 Å². The number of halogens is 1. The fraction of sp³-hybridized carbons (Fsp3) is 1.00. The third kappa shape index (κ3) is 2.64. The van der Waals surface area contributed by atoms with Gasteiger partial charge in [-0.3, -0.25) is 0 Å². The second kappa shape index (κ2) is 4.32. The Labute approximate surface area is 74.1 Å². The standard InChI is InChI=1S/C9H17ClO/c1-7(10)8-3-5-9(11-2)6-4-8/h7-9H,3-6H2,1-2H3. The molecule has 0 aromatic rings. The van der Waals surface area contributed by atoms with Crippen LogP contribution in [0.4, 0.5) is 0 Å². The lowest BCUT2D eigenvalue weighted by molar-refractivity contribution is 0.0568. The van der Waals surface area contributed by atoms with Gasteiger partial charge in [-0.2, -0.15) is 0 Å². The maximum absolute atomic E-state index is 6.01. The van der Waals surface area contributed by atoms with Gasteiger partial charge in [0.25, 0.3) is 0 Å². The van der Waals surface area contributed by atoms with Gasteiger partial charge < -0.3 is 4.74 Å². The Hall–Kier alpha value is 0.250. The van der Waals surface area contributed by atoms with Crippen LogP contribution in [-0.4, -0.2) is 18.6 Å². The van der Waals surface area contributed by atoms with Crippen LogP contribution in [-0.2, 0) is 4.74 Å². The highest BCUT2D eigenvalue weighted by Crippen LogP contribution is 2.30. The van der Waals surface area contributed by atoms with E-state index in [1.165, 1.54) is 25.7 Å². The first-order chi connectivity index (χ1) is 5.24. The molecule has 1 rings (SSSR count). The molecule has 0 spiro atoms. The zero-order valence-corrected chi connectivity index (χ0v) is 8.10. The summed E-state index contributed by atoms with van der Waals surface area (Å²) >= 11 is 6.01. The smallest absolute Gasteiger partial charge is 0.0571 e. The van der Waals surface area contributed by atoms with E-state index >= 15 is 0 Å². The minimum absolute atomic E-state index is 0.341. The summed E-state index contributed by atoms with van der Waals surface area (Å²) in [7, 11) is 1.80. The van der Waals surface area contributed by atoms with Gasteiger partial charge in [-0.05, 0) is 38.5 Å². The van der Waals surface area contributed by atoms with Crippen molar-refractivity contribution in [1.29, 1.82) is 0 Å². The molecule has 0 amide bonds. The van der Waals surface area contributed by atoms with E-state index in [1.54, 1.807) is 7.11 Å². The van der Waals surface area contributed by atoms with E-state index in [9.17, 15) is 0 Å². The second-order valence-corrected chi connectivity index (χ2v) is 4.14. The first kappa shape index (κ1) is 9.34. The van der Waals surface area contributed by atoms with Gasteiger partial charge in [-0.1, -0.05) is 0 Å². The van der Waals surface area contributed by atoms with Crippen molar-refractivity contribution in [3.8, 4) is 0 Å². The molecule has 0 aromatic carbocycles. The Morgan fingerprint density at radius 1 is 1.27 bits per heavy atom. The maximum atomic E-state index is 6.01. The number of methoxy groups -OCH3 is 1. The SMILES string of the molecule is COC1CCC(C(C)Cl)CC1. The molecule has 1 saturated carbocycles. The van der Waals surface area contributed by atoms with Gasteiger partial charge in [0.05, 0.1) is 6.10 Å². The molecule has 0 aliphatic heterocycles. The van der Waals surface area contributed by atoms with Crippen LogP contribution in [0.2, 0.25) is 0 Å². The molecular weight excluding hydrogens is 160 g/mol. The van der Waals surface area contributed by atoms with Crippen molar-refractivity contribution in [2.24, 2.45) is 5.92 Å². The zero-order chi connectivity index (χ0) is 8.27. The van der Waals surface area contributed by atoms with Crippen molar-refractivity contribution in [2.45, 2.75) is 44.1 Å². The highest BCUT2D eigenvalue weighted by atomic mass is 35.5. The number of alkyl halides is 1. The third-order valence-corrected chi connectivity index (χ3v) is 3.06.